The molecule has 6 nitrogen and oxygen atoms in total. The molecule has 0 spiro atoms. The van der Waals surface area contributed by atoms with Gasteiger partial charge in [0.15, 0.2) is 0 Å². The monoisotopic (exact) mass is 406 g/mol. The quantitative estimate of drug-likeness (QED) is 0.497. The molecule has 0 aliphatic carbocycles. The molecule has 1 aromatic carbocycles. The number of aryl methyl sites for hydroxylation is 2. The van der Waals surface area contributed by atoms with Crippen molar-refractivity contribution < 1.29 is 9.21 Å². The highest BCUT2D eigenvalue weighted by atomic mass is 32.1. The summed E-state index contributed by atoms with van der Waals surface area (Å²) in [4.78, 5) is 15.7. The van der Waals surface area contributed by atoms with Gasteiger partial charge in [0.2, 0.25) is 11.8 Å². The number of aromatic nitrogens is 3. The summed E-state index contributed by atoms with van der Waals surface area (Å²) in [6.07, 6.45) is 4.27. The van der Waals surface area contributed by atoms with Crippen LogP contribution in [0.25, 0.3) is 21.7 Å². The summed E-state index contributed by atoms with van der Waals surface area (Å²) in [6, 6.07) is 12.3. The van der Waals surface area contributed by atoms with Crippen molar-refractivity contribution in [1.82, 2.24) is 19.7 Å². The minimum atomic E-state index is 0.123. The lowest BCUT2D eigenvalue weighted by molar-refractivity contribution is -0.130. The summed E-state index contributed by atoms with van der Waals surface area (Å²) >= 11 is 1.58. The van der Waals surface area contributed by atoms with E-state index < -0.39 is 0 Å². The zero-order valence-electron chi connectivity index (χ0n) is 16.2. The third-order valence-corrected chi connectivity index (χ3v) is 6.51. The summed E-state index contributed by atoms with van der Waals surface area (Å²) in [7, 11) is 2.05. The maximum atomic E-state index is 12.8. The summed E-state index contributed by atoms with van der Waals surface area (Å²) in [5.74, 6) is 1.52. The first kappa shape index (κ1) is 18.1. The molecule has 0 radical (unpaired) electrons. The van der Waals surface area contributed by atoms with Crippen molar-refractivity contribution in [3.8, 4) is 10.8 Å². The summed E-state index contributed by atoms with van der Waals surface area (Å²) in [6.45, 7) is 1.40. The van der Waals surface area contributed by atoms with Gasteiger partial charge in [0.05, 0.1) is 10.8 Å². The van der Waals surface area contributed by atoms with Crippen LogP contribution in [-0.4, -0.2) is 38.7 Å². The Labute approximate surface area is 172 Å². The fraction of sp³-hybridized carbons (Fsp3) is 0.318. The van der Waals surface area contributed by atoms with Crippen LogP contribution < -0.4 is 0 Å². The van der Waals surface area contributed by atoms with Crippen molar-refractivity contribution in [2.24, 2.45) is 7.05 Å². The fourth-order valence-corrected chi connectivity index (χ4v) is 4.76. The molecule has 29 heavy (non-hydrogen) atoms. The van der Waals surface area contributed by atoms with Gasteiger partial charge in [0, 0.05) is 43.7 Å². The third-order valence-electron chi connectivity index (χ3n) is 5.65. The minimum absolute atomic E-state index is 0.123. The number of nitrogens with zero attached hydrogens (tertiary/aromatic N) is 4. The number of amides is 1. The number of thiophene rings is 1. The fourth-order valence-electron chi connectivity index (χ4n) is 4.11. The molecule has 1 aliphatic rings. The molecule has 1 aliphatic heterocycles. The average molecular weight is 407 g/mol. The van der Waals surface area contributed by atoms with E-state index in [4.69, 9.17) is 4.42 Å². The Kier molecular flexibility index (Phi) is 4.67. The molecule has 1 saturated heterocycles. The molecular weight excluding hydrogens is 384 g/mol. The second-order valence-electron chi connectivity index (χ2n) is 7.53. The van der Waals surface area contributed by atoms with Crippen molar-refractivity contribution in [3.63, 3.8) is 0 Å². The topological polar surface area (TPSA) is 64.2 Å². The van der Waals surface area contributed by atoms with E-state index in [0.717, 1.165) is 24.3 Å². The van der Waals surface area contributed by atoms with Crippen molar-refractivity contribution >= 4 is 28.1 Å². The van der Waals surface area contributed by atoms with Gasteiger partial charge in [-0.3, -0.25) is 4.79 Å². The Balaban J connectivity index is 1.22. The molecule has 5 rings (SSSR count). The molecule has 3 aromatic heterocycles. The Morgan fingerprint density at radius 3 is 3.00 bits per heavy atom. The van der Waals surface area contributed by atoms with Crippen LogP contribution in [0.15, 0.2) is 52.4 Å². The first-order valence-corrected chi connectivity index (χ1v) is 10.7. The van der Waals surface area contributed by atoms with Crippen LogP contribution in [0.1, 0.15) is 30.2 Å². The lowest BCUT2D eigenvalue weighted by Crippen LogP contribution is -2.28. The van der Waals surface area contributed by atoms with E-state index in [1.807, 2.05) is 41.6 Å². The molecule has 7 heteroatoms. The Hall–Kier alpha value is -2.93. The van der Waals surface area contributed by atoms with E-state index in [9.17, 15) is 4.79 Å². The van der Waals surface area contributed by atoms with E-state index in [1.54, 1.807) is 11.3 Å². The molecule has 148 valence electrons. The largest absolute Gasteiger partial charge is 0.420 e. The molecule has 0 bridgehead atoms. The highest BCUT2D eigenvalue weighted by molar-refractivity contribution is 7.13. The van der Waals surface area contributed by atoms with Gasteiger partial charge in [-0.25, -0.2) is 0 Å². The van der Waals surface area contributed by atoms with Gasteiger partial charge in [-0.05, 0) is 35.9 Å². The summed E-state index contributed by atoms with van der Waals surface area (Å²) < 4.78 is 7.99. The standard InChI is InChI=1S/C22H22N4O2S/c1-25-13-15(17-5-2-3-6-18(17)25)8-9-20(27)26-11-10-16(14-26)21-23-24-22(28-21)19-7-4-12-29-19/h2-7,12-13,16H,8-11,14H2,1H3/t16-/m0/s1. The number of carbonyl (C=O) groups is 1. The number of carbonyl (C=O) groups excluding carboxylic acids is 1. The molecule has 0 saturated carbocycles. The normalized spacial score (nSPS) is 16.7. The second kappa shape index (κ2) is 7.48. The number of likely N-dealkylation sites (tertiary alicyclic amines) is 1. The summed E-state index contributed by atoms with van der Waals surface area (Å²) in [5.41, 5.74) is 2.43. The van der Waals surface area contributed by atoms with E-state index in [1.165, 1.54) is 16.5 Å². The number of hydrogen-bond acceptors (Lipinski definition) is 5. The van der Waals surface area contributed by atoms with Crippen molar-refractivity contribution in [3.05, 3.63) is 59.4 Å². The van der Waals surface area contributed by atoms with Crippen LogP contribution in [0, 0.1) is 0 Å². The lowest BCUT2D eigenvalue weighted by Gasteiger charge is -2.15. The third kappa shape index (κ3) is 3.46. The van der Waals surface area contributed by atoms with Crippen LogP contribution in [0.2, 0.25) is 0 Å². The van der Waals surface area contributed by atoms with E-state index in [-0.39, 0.29) is 11.8 Å². The van der Waals surface area contributed by atoms with Crippen LogP contribution in [0.5, 0.6) is 0 Å². The maximum absolute atomic E-state index is 12.8. The van der Waals surface area contributed by atoms with Crippen LogP contribution >= 0.6 is 11.3 Å². The molecule has 4 aromatic rings. The number of fused-ring (bicyclic) bond motifs is 1. The van der Waals surface area contributed by atoms with E-state index in [2.05, 4.69) is 33.1 Å². The van der Waals surface area contributed by atoms with Gasteiger partial charge in [0.1, 0.15) is 0 Å². The zero-order chi connectivity index (χ0) is 19.8. The molecular formula is C22H22N4O2S. The molecule has 1 fully saturated rings. The number of hydrogen-bond donors (Lipinski definition) is 0. The predicted molar refractivity (Wildman–Crippen MR) is 113 cm³/mol. The number of rotatable bonds is 5. The van der Waals surface area contributed by atoms with E-state index >= 15 is 0 Å². The van der Waals surface area contributed by atoms with Crippen molar-refractivity contribution in [2.75, 3.05) is 13.1 Å². The first-order chi connectivity index (χ1) is 14.2. The number of benzene rings is 1. The zero-order valence-corrected chi connectivity index (χ0v) is 17.1. The molecule has 1 amide bonds. The Bertz CT molecular complexity index is 1140. The lowest BCUT2D eigenvalue weighted by atomic mass is 10.1. The van der Waals surface area contributed by atoms with Crippen molar-refractivity contribution in [2.45, 2.75) is 25.2 Å². The Morgan fingerprint density at radius 2 is 2.14 bits per heavy atom. The van der Waals surface area contributed by atoms with Gasteiger partial charge < -0.3 is 13.9 Å². The smallest absolute Gasteiger partial charge is 0.257 e. The van der Waals surface area contributed by atoms with Crippen LogP contribution in [0.4, 0.5) is 0 Å². The Morgan fingerprint density at radius 1 is 1.24 bits per heavy atom. The van der Waals surface area contributed by atoms with Gasteiger partial charge in [-0.15, -0.1) is 21.5 Å². The van der Waals surface area contributed by atoms with Gasteiger partial charge >= 0.3 is 0 Å². The molecule has 0 N–H and O–H groups in total. The van der Waals surface area contributed by atoms with Crippen LogP contribution in [-0.2, 0) is 18.3 Å². The van der Waals surface area contributed by atoms with Gasteiger partial charge in [0.25, 0.3) is 5.89 Å². The first-order valence-electron chi connectivity index (χ1n) is 9.87. The molecule has 0 unspecified atom stereocenters. The predicted octanol–water partition coefficient (Wildman–Crippen LogP) is 4.24. The number of para-hydroxylation sites is 1. The second-order valence-corrected chi connectivity index (χ2v) is 8.48. The highest BCUT2D eigenvalue weighted by Gasteiger charge is 2.31. The van der Waals surface area contributed by atoms with Crippen molar-refractivity contribution in [1.29, 1.82) is 0 Å². The maximum Gasteiger partial charge on any atom is 0.257 e. The summed E-state index contributed by atoms with van der Waals surface area (Å²) in [5, 5.41) is 11.6. The highest BCUT2D eigenvalue weighted by Crippen LogP contribution is 2.30. The molecule has 4 heterocycles. The van der Waals surface area contributed by atoms with E-state index in [0.29, 0.717) is 24.7 Å². The van der Waals surface area contributed by atoms with Gasteiger partial charge in [-0.1, -0.05) is 24.3 Å². The SMILES string of the molecule is Cn1cc(CCC(=O)N2CC[C@H](c3nnc(-c4cccs4)o3)C2)c2ccccc21. The molecule has 1 atom stereocenters. The average Bonchev–Trinajstić information content (AvgIpc) is 3.52. The minimum Gasteiger partial charge on any atom is -0.420 e. The van der Waals surface area contributed by atoms with Crippen LogP contribution in [0.3, 0.4) is 0 Å². The van der Waals surface area contributed by atoms with Gasteiger partial charge in [-0.2, -0.15) is 0 Å².